The number of rotatable bonds is 46. The minimum absolute atomic E-state index is 0.0174. The summed E-state index contributed by atoms with van der Waals surface area (Å²) in [7, 11) is 0. The number of amides is 7. The average molecular weight is 1590 g/mol. The van der Waals surface area contributed by atoms with Crippen molar-refractivity contribution in [1.82, 2.24) is 31.9 Å². The lowest BCUT2D eigenvalue weighted by atomic mass is 9.88. The second-order valence-corrected chi connectivity index (χ2v) is 29.3. The highest BCUT2D eigenvalue weighted by Gasteiger charge is 2.35. The van der Waals surface area contributed by atoms with Crippen LogP contribution in [0.4, 0.5) is 4.79 Å². The first-order chi connectivity index (χ1) is 53.4. The molecule has 0 aromatic heterocycles. The largest absolute Gasteiger partial charge is 0.508 e. The molecule has 0 saturated carbocycles. The van der Waals surface area contributed by atoms with Crippen LogP contribution in [-0.2, 0) is 84.9 Å². The van der Waals surface area contributed by atoms with Crippen LogP contribution < -0.4 is 72.0 Å². The molecule has 22 N–H and O–H groups in total. The van der Waals surface area contributed by atoms with Gasteiger partial charge in [-0.3, -0.25) is 48.1 Å². The molecule has 0 unspecified atom stereocenters. The van der Waals surface area contributed by atoms with Crippen molar-refractivity contribution in [2.24, 2.45) is 68.0 Å². The topological polar surface area (TPSA) is 552 Å². The number of ether oxygens (including phenoxy) is 2. The predicted octanol–water partition coefficient (Wildman–Crippen LogP) is 5.13. The van der Waals surface area contributed by atoms with Gasteiger partial charge in [0.25, 0.3) is 5.96 Å². The molecule has 0 radical (unpaired) electrons. The molecule has 0 spiro atoms. The summed E-state index contributed by atoms with van der Waals surface area (Å²) in [6, 6.07) is 26.1. The molecule has 5 aromatic carbocycles. The number of nitrogens with one attached hydrogen (secondary N) is 6. The maximum atomic E-state index is 14.4. The first-order valence-electron chi connectivity index (χ1n) is 37.5. The Bertz CT molecular complexity index is 4020. The minimum atomic E-state index is -1.23. The maximum Gasteiger partial charge on any atom is 0.407 e. The number of nitro groups is 1. The highest BCUT2D eigenvalue weighted by molar-refractivity contribution is 6.31. The van der Waals surface area contributed by atoms with Crippen LogP contribution in [0.25, 0.3) is 0 Å². The molecule has 0 saturated heterocycles. The van der Waals surface area contributed by atoms with E-state index in [1.807, 2.05) is 44.2 Å². The Balaban J connectivity index is 0.000000511. The van der Waals surface area contributed by atoms with E-state index < -0.39 is 124 Å². The number of aliphatic imine (C=N–C) groups is 1. The molecule has 616 valence electrons. The zero-order chi connectivity index (χ0) is 83.9. The maximum absolute atomic E-state index is 14.4. The molecule has 0 fully saturated rings. The van der Waals surface area contributed by atoms with Crippen molar-refractivity contribution in [2.45, 2.75) is 200 Å². The number of carbonyl (C=O) groups excluding carboxylic acids is 10. The number of halogens is 1. The number of esters is 1. The number of benzene rings is 5. The summed E-state index contributed by atoms with van der Waals surface area (Å²) < 4.78 is 10.8. The van der Waals surface area contributed by atoms with E-state index in [1.54, 1.807) is 113 Å². The van der Waals surface area contributed by atoms with Gasteiger partial charge in [0, 0.05) is 54.9 Å². The second-order valence-electron chi connectivity index (χ2n) is 28.9. The van der Waals surface area contributed by atoms with Gasteiger partial charge < -0.3 is 91.7 Å². The van der Waals surface area contributed by atoms with Crippen molar-refractivity contribution in [3.05, 3.63) is 174 Å². The van der Waals surface area contributed by atoms with E-state index in [0.29, 0.717) is 77.9 Å². The van der Waals surface area contributed by atoms with Crippen LogP contribution in [0.3, 0.4) is 0 Å². The van der Waals surface area contributed by atoms with E-state index in [4.69, 9.17) is 61.2 Å². The summed E-state index contributed by atoms with van der Waals surface area (Å²) >= 11 is 6.12. The molecule has 32 nitrogen and oxygen atoms in total. The van der Waals surface area contributed by atoms with Crippen LogP contribution in [-0.4, -0.2) is 148 Å². The molecule has 7 amide bonds. The molecule has 0 aliphatic heterocycles. The van der Waals surface area contributed by atoms with Gasteiger partial charge in [-0.15, -0.1) is 0 Å². The molecule has 0 aliphatic rings. The number of aryl methyl sites for hydroxylation is 4. The number of phenolic OH excluding ortho intramolecular Hbond substituents is 2. The van der Waals surface area contributed by atoms with Gasteiger partial charge in [0.15, 0.2) is 22.6 Å². The molecule has 33 heteroatoms. The van der Waals surface area contributed by atoms with Gasteiger partial charge in [0.05, 0.1) is 30.5 Å². The lowest BCUT2D eigenvalue weighted by Crippen LogP contribution is -2.51. The number of alkyl carbamates (subject to hydrolysis) is 1. The number of Topliss-reactive ketones (excluding diaryl/α,β-unsaturated/α-hetero) is 2. The summed E-state index contributed by atoms with van der Waals surface area (Å²) in [5.41, 5.74) is 45.4. The number of primary amides is 2. The van der Waals surface area contributed by atoms with Crippen LogP contribution in [0, 0.1) is 55.6 Å². The van der Waals surface area contributed by atoms with E-state index in [2.05, 4.69) is 42.0 Å². The Morgan fingerprint density at radius 3 is 1.42 bits per heavy atom. The Morgan fingerprint density at radius 2 is 0.965 bits per heavy atom. The van der Waals surface area contributed by atoms with E-state index in [-0.39, 0.29) is 114 Å². The Labute approximate surface area is 664 Å². The van der Waals surface area contributed by atoms with Crippen molar-refractivity contribution in [3.8, 4) is 11.5 Å². The van der Waals surface area contributed by atoms with E-state index in [0.717, 1.165) is 22.3 Å². The first-order valence-corrected chi connectivity index (χ1v) is 37.9. The molecule has 5 rings (SSSR count). The molecular weight excluding hydrogens is 1480 g/mol. The summed E-state index contributed by atoms with van der Waals surface area (Å²) in [6.45, 7) is 13.1. The number of carbonyl (C=O) groups is 10. The van der Waals surface area contributed by atoms with Crippen LogP contribution >= 0.6 is 11.6 Å². The van der Waals surface area contributed by atoms with Gasteiger partial charge in [-0.25, -0.2) is 14.9 Å². The Hall–Kier alpha value is -11.2. The fourth-order valence-corrected chi connectivity index (χ4v) is 12.7. The van der Waals surface area contributed by atoms with Crippen LogP contribution in [0.5, 0.6) is 11.5 Å². The first kappa shape index (κ1) is 94.1. The molecule has 0 aliphatic carbocycles. The Morgan fingerprint density at radius 1 is 0.540 bits per heavy atom. The van der Waals surface area contributed by atoms with Gasteiger partial charge in [0.2, 0.25) is 35.4 Å². The summed E-state index contributed by atoms with van der Waals surface area (Å²) in [5.74, 6) is -8.73. The van der Waals surface area contributed by atoms with Gasteiger partial charge in [-0.2, -0.15) is 0 Å². The van der Waals surface area contributed by atoms with Gasteiger partial charge in [0.1, 0.15) is 40.9 Å². The number of hydrogen-bond donors (Lipinski definition) is 15. The summed E-state index contributed by atoms with van der Waals surface area (Å²) in [5, 5.41) is 49.6. The third-order valence-corrected chi connectivity index (χ3v) is 18.7. The fraction of sp³-hybridized carbons (Fsp3) is 0.475. The smallest absolute Gasteiger partial charge is 0.407 e. The second kappa shape index (κ2) is 48.5. The van der Waals surface area contributed by atoms with Crippen molar-refractivity contribution in [3.63, 3.8) is 0 Å². The number of guanidine groups is 2. The lowest BCUT2D eigenvalue weighted by Gasteiger charge is -2.26. The number of phenols is 2. The minimum Gasteiger partial charge on any atom is -0.508 e. The quantitative estimate of drug-likeness (QED) is 0.00599. The highest BCUT2D eigenvalue weighted by Crippen LogP contribution is 2.28. The molecule has 8 atom stereocenters. The standard InChI is InChI=1S/C47H63ClN8O11.C33H50N8O5/c1-29-22-35(57)23-30(2)36(29)25-34(27-41(59)67-47(3,4)5)44(62)53-38(19-13-21-51-45(50)55-56(64)65)40(58)26-33(24-31-14-7-6-8-15-31)43(61)54-39(42(49)60)18-11-12-20-52-46(63)66-28-32-16-9-10-17-37(32)48;1-20-15-24(42)16-21(2)25(20)19-26(35)32(46)40-27(12-8-14-39-33(37)38)29(43)18-23(17-22-9-4-3-5-10-22)31(45)41-28(30(36)44)11-6-7-13-34/h6-10,14-17,22-23,33-34,38-39,57H,11-13,18-21,24-28H2,1-5H3,(H2,49,60)(H,52,63)(H,53,62)(H,54,61)(H3,50,51,55);3-5,9-10,15-16,23,26-28,42H,6-8,11-14,17-19,34-35H2,1-2H3,(H2,36,44)(H,40,46)(H,41,45)(H4,37,38,39)/t33-,34-,38-,39+;23-,26+,27-,28+/m11/s1. The Kier molecular flexibility index (Phi) is 40.4. The third kappa shape index (κ3) is 36.2. The summed E-state index contributed by atoms with van der Waals surface area (Å²) in [4.78, 5) is 148. The highest BCUT2D eigenvalue weighted by atomic mass is 35.5. The third-order valence-electron chi connectivity index (χ3n) is 18.4. The fourth-order valence-electron chi connectivity index (χ4n) is 12.5. The molecule has 5 aromatic rings. The number of ketones is 2. The SMILES string of the molecule is Cc1cc(O)cc(C)c1C[C@H](CC(=O)OC(C)(C)C)C(=O)N[C@H](CCCN/C(N)=N\[N+](=O)[O-])C(=O)C[C@@H](Cc1ccccc1)C(=O)N[C@@H](CCCCNC(=O)OCc1ccccc1Cl)C(N)=O.Cc1cc(O)cc(C)c1C[C@H](N)C(=O)N[C@H](CCCN=C(N)N)C(=O)C[C@@H](Cc1ccccc1)C(=O)N[C@@H](CCCCN)C(N)=O. The van der Waals surface area contributed by atoms with Crippen molar-refractivity contribution < 1.29 is 72.7 Å². The molecule has 0 heterocycles. The van der Waals surface area contributed by atoms with Crippen molar-refractivity contribution in [2.75, 3.05) is 26.2 Å². The van der Waals surface area contributed by atoms with Crippen molar-refractivity contribution >= 4 is 82.6 Å². The van der Waals surface area contributed by atoms with Crippen LogP contribution in [0.15, 0.2) is 119 Å². The van der Waals surface area contributed by atoms with Gasteiger partial charge in [-0.05, 0) is 220 Å². The number of unbranched alkanes of at least 4 members (excludes halogenated alkanes) is 2. The lowest BCUT2D eigenvalue weighted by molar-refractivity contribution is -0.485. The van der Waals surface area contributed by atoms with E-state index >= 15 is 0 Å². The van der Waals surface area contributed by atoms with E-state index in [9.17, 15) is 68.3 Å². The van der Waals surface area contributed by atoms with Crippen LogP contribution in [0.1, 0.15) is 154 Å². The normalized spacial score (nSPS) is 13.4. The zero-order valence-corrected chi connectivity index (χ0v) is 66.2. The zero-order valence-electron chi connectivity index (χ0n) is 65.4. The predicted molar refractivity (Wildman–Crippen MR) is 429 cm³/mol. The molecule has 0 bridgehead atoms. The van der Waals surface area contributed by atoms with Gasteiger partial charge >= 0.3 is 12.1 Å². The number of aromatic hydroxyl groups is 2. The number of nitrogens with zero attached hydrogens (tertiary/aromatic N) is 3. The number of hydrazone groups is 1. The molecular formula is C80H113ClN16O16. The van der Waals surface area contributed by atoms with E-state index in [1.165, 1.54) is 0 Å². The monoisotopic (exact) mass is 1590 g/mol. The number of hydrogen-bond acceptors (Lipinski definition) is 19. The average Bonchev–Trinajstić information content (AvgIpc) is 0.830. The van der Waals surface area contributed by atoms with Crippen molar-refractivity contribution in [1.29, 1.82) is 0 Å². The summed E-state index contributed by atoms with van der Waals surface area (Å²) in [6.07, 6.45) is 2.10. The van der Waals surface area contributed by atoms with Crippen LogP contribution in [0.2, 0.25) is 5.02 Å². The number of nitrogens with two attached hydrogens (primary N) is 7. The molecule has 113 heavy (non-hydrogen) atoms. The van der Waals surface area contributed by atoms with Gasteiger partial charge in [-0.1, -0.05) is 90.5 Å².